The van der Waals surface area contributed by atoms with E-state index in [0.717, 1.165) is 44.1 Å². The van der Waals surface area contributed by atoms with Crippen LogP contribution in [0.2, 0.25) is 0 Å². The Morgan fingerprint density at radius 3 is 2.66 bits per heavy atom. The quantitative estimate of drug-likeness (QED) is 0.719. The second-order valence-corrected chi connectivity index (χ2v) is 7.46. The van der Waals surface area contributed by atoms with Crippen LogP contribution in [0.1, 0.15) is 34.9 Å². The smallest absolute Gasteiger partial charge is 0.475 e. The molecule has 2 saturated heterocycles. The number of carbonyl (C=O) groups is 2. The number of halogens is 3. The first-order valence-corrected chi connectivity index (χ1v) is 9.93. The van der Waals surface area contributed by atoms with Crippen LogP contribution in [0.4, 0.5) is 13.2 Å². The predicted molar refractivity (Wildman–Crippen MR) is 104 cm³/mol. The molecule has 0 unspecified atom stereocenters. The van der Waals surface area contributed by atoms with Gasteiger partial charge >= 0.3 is 12.1 Å². The van der Waals surface area contributed by atoms with E-state index in [4.69, 9.17) is 19.1 Å². The molecule has 0 saturated carbocycles. The topological polar surface area (TPSA) is 118 Å². The highest BCUT2D eigenvalue weighted by Crippen LogP contribution is 2.30. The van der Waals surface area contributed by atoms with Crippen LogP contribution in [0, 0.1) is 6.92 Å². The third kappa shape index (κ3) is 6.04. The number of fused-ring (bicyclic) bond motifs is 1. The summed E-state index contributed by atoms with van der Waals surface area (Å²) in [4.78, 5) is 31.7. The van der Waals surface area contributed by atoms with Crippen molar-refractivity contribution < 1.29 is 37.0 Å². The first-order chi connectivity index (χ1) is 15.1. The Balaban J connectivity index is 0.000000360. The standard InChI is InChI=1S/C18H22N4O3.C2HF3O2/c1-12-4-5-13(25-12)10-22-11-15(17-16(22)3-2-8-24-17)21-18(23)14-9-19-6-7-20-14;3-2(4,5)1(6)7/h4-7,9,15-17H,2-3,8,10-11H2,1H3,(H,21,23);(H,6,7)/t15-,16-,17-;/m0./s1. The third-order valence-corrected chi connectivity index (χ3v) is 5.14. The van der Waals surface area contributed by atoms with Crippen LogP contribution in [0.5, 0.6) is 0 Å². The molecule has 32 heavy (non-hydrogen) atoms. The van der Waals surface area contributed by atoms with Gasteiger partial charge in [0.25, 0.3) is 5.91 Å². The predicted octanol–water partition coefficient (Wildman–Crippen LogP) is 2.17. The Kier molecular flexibility index (Phi) is 7.46. The normalized spacial score (nSPS) is 23.1. The van der Waals surface area contributed by atoms with E-state index in [1.807, 2.05) is 19.1 Å². The molecule has 0 aliphatic carbocycles. The summed E-state index contributed by atoms with van der Waals surface area (Å²) in [6.45, 7) is 4.16. The highest BCUT2D eigenvalue weighted by Gasteiger charge is 2.45. The maximum absolute atomic E-state index is 12.4. The van der Waals surface area contributed by atoms with Gasteiger partial charge in [-0.05, 0) is 31.9 Å². The van der Waals surface area contributed by atoms with Crippen molar-refractivity contribution >= 4 is 11.9 Å². The van der Waals surface area contributed by atoms with Gasteiger partial charge in [0.1, 0.15) is 17.2 Å². The molecule has 0 radical (unpaired) electrons. The van der Waals surface area contributed by atoms with Crippen LogP contribution in [-0.4, -0.2) is 69.4 Å². The number of nitrogens with one attached hydrogen (secondary N) is 1. The van der Waals surface area contributed by atoms with E-state index >= 15 is 0 Å². The van der Waals surface area contributed by atoms with Gasteiger partial charge in [0.2, 0.25) is 0 Å². The van der Waals surface area contributed by atoms with Gasteiger partial charge in [0.05, 0.1) is 24.9 Å². The molecule has 2 aliphatic heterocycles. The van der Waals surface area contributed by atoms with E-state index in [2.05, 4.69) is 20.2 Å². The Morgan fingerprint density at radius 1 is 1.31 bits per heavy atom. The summed E-state index contributed by atoms with van der Waals surface area (Å²) in [6, 6.07) is 4.23. The van der Waals surface area contributed by atoms with Crippen molar-refractivity contribution in [3.63, 3.8) is 0 Å². The molecule has 2 N–H and O–H groups in total. The lowest BCUT2D eigenvalue weighted by atomic mass is 10.0. The van der Waals surface area contributed by atoms with E-state index in [0.29, 0.717) is 11.7 Å². The maximum Gasteiger partial charge on any atom is 0.490 e. The van der Waals surface area contributed by atoms with Crippen LogP contribution in [0.3, 0.4) is 0 Å². The number of hydrogen-bond acceptors (Lipinski definition) is 7. The number of carboxylic acids is 1. The number of hydrogen-bond donors (Lipinski definition) is 2. The van der Waals surface area contributed by atoms with Crippen molar-refractivity contribution in [2.45, 2.75) is 50.7 Å². The zero-order valence-electron chi connectivity index (χ0n) is 17.2. The summed E-state index contributed by atoms with van der Waals surface area (Å²) in [6.07, 6.45) is 1.59. The molecule has 0 bridgehead atoms. The van der Waals surface area contributed by atoms with Crippen molar-refractivity contribution in [3.8, 4) is 0 Å². The Labute approximate surface area is 181 Å². The number of carbonyl (C=O) groups excluding carboxylic acids is 1. The molecule has 2 aromatic heterocycles. The van der Waals surface area contributed by atoms with Gasteiger partial charge < -0.3 is 19.6 Å². The van der Waals surface area contributed by atoms with E-state index in [1.165, 1.54) is 12.4 Å². The minimum Gasteiger partial charge on any atom is -0.475 e. The Morgan fingerprint density at radius 2 is 2.06 bits per heavy atom. The number of aromatic nitrogens is 2. The summed E-state index contributed by atoms with van der Waals surface area (Å²) >= 11 is 0. The highest BCUT2D eigenvalue weighted by molar-refractivity contribution is 5.92. The SMILES string of the molecule is Cc1ccc(CN2C[C@H](NC(=O)c3cnccn3)[C@@H]3OCCC[C@@H]32)o1.O=C(O)C(F)(F)F. The number of nitrogens with zero attached hydrogens (tertiary/aromatic N) is 3. The van der Waals surface area contributed by atoms with Gasteiger partial charge in [-0.15, -0.1) is 0 Å². The fourth-order valence-corrected chi connectivity index (χ4v) is 3.79. The van der Waals surface area contributed by atoms with Crippen LogP contribution in [0.25, 0.3) is 0 Å². The number of aryl methyl sites for hydroxylation is 1. The number of alkyl halides is 3. The number of furan rings is 1. The summed E-state index contributed by atoms with van der Waals surface area (Å²) < 4.78 is 43.5. The van der Waals surface area contributed by atoms with E-state index in [9.17, 15) is 18.0 Å². The van der Waals surface area contributed by atoms with Gasteiger partial charge in [-0.3, -0.25) is 14.7 Å². The van der Waals surface area contributed by atoms with Crippen LogP contribution in [-0.2, 0) is 16.1 Å². The van der Waals surface area contributed by atoms with Gasteiger partial charge in [0.15, 0.2) is 0 Å². The number of likely N-dealkylation sites (tertiary alicyclic amines) is 1. The second-order valence-electron chi connectivity index (χ2n) is 7.46. The molecule has 9 nitrogen and oxygen atoms in total. The molecular formula is C20H23F3N4O5. The summed E-state index contributed by atoms with van der Waals surface area (Å²) in [5.74, 6) is -1.10. The van der Waals surface area contributed by atoms with Crippen LogP contribution < -0.4 is 5.32 Å². The first kappa shape index (κ1) is 23.7. The molecular weight excluding hydrogens is 433 g/mol. The van der Waals surface area contributed by atoms with Crippen molar-refractivity contribution in [2.24, 2.45) is 0 Å². The molecule has 4 heterocycles. The molecule has 0 spiro atoms. The van der Waals surface area contributed by atoms with Gasteiger partial charge in [-0.25, -0.2) is 9.78 Å². The average molecular weight is 456 g/mol. The summed E-state index contributed by atoms with van der Waals surface area (Å²) in [5.41, 5.74) is 0.329. The van der Waals surface area contributed by atoms with Crippen molar-refractivity contribution in [1.82, 2.24) is 20.2 Å². The van der Waals surface area contributed by atoms with Gasteiger partial charge in [-0.2, -0.15) is 13.2 Å². The molecule has 174 valence electrons. The Bertz CT molecular complexity index is 921. The lowest BCUT2D eigenvalue weighted by Gasteiger charge is -2.32. The lowest BCUT2D eigenvalue weighted by Crippen LogP contribution is -2.47. The molecule has 0 aromatic carbocycles. The van der Waals surface area contributed by atoms with Crippen LogP contribution in [0.15, 0.2) is 35.1 Å². The largest absolute Gasteiger partial charge is 0.490 e. The van der Waals surface area contributed by atoms with Gasteiger partial charge in [0, 0.05) is 31.6 Å². The number of ether oxygens (including phenoxy) is 1. The van der Waals surface area contributed by atoms with E-state index < -0.39 is 12.1 Å². The van der Waals surface area contributed by atoms with E-state index in [1.54, 1.807) is 6.20 Å². The fourth-order valence-electron chi connectivity index (χ4n) is 3.79. The fraction of sp³-hybridized carbons (Fsp3) is 0.500. The molecule has 2 aliphatic rings. The monoisotopic (exact) mass is 456 g/mol. The van der Waals surface area contributed by atoms with Crippen molar-refractivity contribution in [2.75, 3.05) is 13.2 Å². The number of carboxylic acid groups (broad SMARTS) is 1. The van der Waals surface area contributed by atoms with E-state index in [-0.39, 0.29) is 18.1 Å². The van der Waals surface area contributed by atoms with Gasteiger partial charge in [-0.1, -0.05) is 0 Å². The molecule has 1 amide bonds. The Hall–Kier alpha value is -2.99. The number of amides is 1. The molecule has 2 fully saturated rings. The minimum absolute atomic E-state index is 0.00503. The van der Waals surface area contributed by atoms with Crippen molar-refractivity contribution in [3.05, 3.63) is 47.9 Å². The summed E-state index contributed by atoms with van der Waals surface area (Å²) in [7, 11) is 0. The molecule has 4 rings (SSSR count). The van der Waals surface area contributed by atoms with Crippen molar-refractivity contribution in [1.29, 1.82) is 0 Å². The third-order valence-electron chi connectivity index (χ3n) is 5.14. The summed E-state index contributed by atoms with van der Waals surface area (Å²) in [5, 5.41) is 10.2. The zero-order chi connectivity index (χ0) is 23.3. The second kappa shape index (κ2) is 10.1. The minimum atomic E-state index is -5.08. The maximum atomic E-state index is 12.4. The first-order valence-electron chi connectivity index (χ1n) is 9.93. The molecule has 12 heteroatoms. The lowest BCUT2D eigenvalue weighted by molar-refractivity contribution is -0.192. The molecule has 2 aromatic rings. The molecule has 3 atom stereocenters. The average Bonchev–Trinajstić information content (AvgIpc) is 3.32. The van der Waals surface area contributed by atoms with Crippen LogP contribution >= 0.6 is 0 Å². The number of rotatable bonds is 4. The highest BCUT2D eigenvalue weighted by atomic mass is 19.4. The number of aliphatic carboxylic acids is 1. The zero-order valence-corrected chi connectivity index (χ0v) is 17.2.